The smallest absolute Gasteiger partial charge is 0.119 e. The van der Waals surface area contributed by atoms with Gasteiger partial charge >= 0.3 is 0 Å². The van der Waals surface area contributed by atoms with E-state index in [4.69, 9.17) is 5.26 Å². The van der Waals surface area contributed by atoms with Crippen LogP contribution in [-0.4, -0.2) is 6.29 Å². The van der Waals surface area contributed by atoms with Crippen molar-refractivity contribution in [2.45, 2.75) is 25.7 Å². The van der Waals surface area contributed by atoms with Gasteiger partial charge in [0, 0.05) is 6.42 Å². The van der Waals surface area contributed by atoms with Crippen LogP contribution in [0.3, 0.4) is 0 Å². The van der Waals surface area contributed by atoms with Gasteiger partial charge in [0.05, 0.1) is 11.6 Å². The van der Waals surface area contributed by atoms with Crippen LogP contribution in [0.4, 0.5) is 0 Å². The number of aryl methyl sites for hydroxylation is 1. The summed E-state index contributed by atoms with van der Waals surface area (Å²) in [5.41, 5.74) is 1.93. The highest BCUT2D eigenvalue weighted by atomic mass is 16.1. The monoisotopic (exact) mass is 187 g/mol. The quantitative estimate of drug-likeness (QED) is 0.524. The number of rotatable bonds is 5. The predicted molar refractivity (Wildman–Crippen MR) is 54.8 cm³/mol. The third kappa shape index (κ3) is 3.40. The van der Waals surface area contributed by atoms with Gasteiger partial charge in [-0.15, -0.1) is 0 Å². The maximum atomic E-state index is 10.1. The average Bonchev–Trinajstić information content (AvgIpc) is 2.25. The second-order valence-corrected chi connectivity index (χ2v) is 3.22. The first-order valence-corrected chi connectivity index (χ1v) is 4.79. The van der Waals surface area contributed by atoms with Gasteiger partial charge in [-0.2, -0.15) is 5.26 Å². The van der Waals surface area contributed by atoms with Crippen LogP contribution in [0.15, 0.2) is 24.3 Å². The van der Waals surface area contributed by atoms with Gasteiger partial charge < -0.3 is 4.79 Å². The molecule has 2 nitrogen and oxygen atoms in total. The lowest BCUT2D eigenvalue weighted by Gasteiger charge is -1.99. The summed E-state index contributed by atoms with van der Waals surface area (Å²) in [5.74, 6) is 0. The van der Waals surface area contributed by atoms with Crippen LogP contribution in [0.1, 0.15) is 30.4 Å². The molecular formula is C12H13NO. The molecule has 0 radical (unpaired) electrons. The molecule has 0 saturated carbocycles. The molecule has 1 aromatic rings. The lowest BCUT2D eigenvalue weighted by molar-refractivity contribution is -0.107. The van der Waals surface area contributed by atoms with Crippen LogP contribution in [0.5, 0.6) is 0 Å². The molecule has 1 aromatic carbocycles. The van der Waals surface area contributed by atoms with E-state index >= 15 is 0 Å². The van der Waals surface area contributed by atoms with Crippen molar-refractivity contribution in [3.8, 4) is 6.07 Å². The van der Waals surface area contributed by atoms with Crippen molar-refractivity contribution >= 4 is 6.29 Å². The Labute approximate surface area is 84.2 Å². The Morgan fingerprint density at radius 3 is 2.50 bits per heavy atom. The third-order valence-corrected chi connectivity index (χ3v) is 2.12. The summed E-state index contributed by atoms with van der Waals surface area (Å²) in [6, 6.07) is 9.68. The minimum absolute atomic E-state index is 0.649. The number of carbonyl (C=O) groups excluding carboxylic acids is 1. The van der Waals surface area contributed by atoms with Crippen LogP contribution >= 0.6 is 0 Å². The molecule has 2 heteroatoms. The van der Waals surface area contributed by atoms with Crippen molar-refractivity contribution in [3.63, 3.8) is 0 Å². The highest BCUT2D eigenvalue weighted by molar-refractivity contribution is 5.48. The predicted octanol–water partition coefficient (Wildman–Crippen LogP) is 2.47. The first-order chi connectivity index (χ1) is 6.86. The zero-order valence-electron chi connectivity index (χ0n) is 8.07. The van der Waals surface area contributed by atoms with Gasteiger partial charge in [-0.25, -0.2) is 0 Å². The number of unbranched alkanes of at least 4 members (excludes halogenated alkanes) is 2. The largest absolute Gasteiger partial charge is 0.303 e. The Hall–Kier alpha value is -1.62. The normalized spacial score (nSPS) is 9.36. The molecule has 72 valence electrons. The zero-order valence-corrected chi connectivity index (χ0v) is 8.07. The van der Waals surface area contributed by atoms with Crippen molar-refractivity contribution in [1.29, 1.82) is 5.26 Å². The molecule has 0 amide bonds. The molecule has 0 aliphatic heterocycles. The van der Waals surface area contributed by atoms with E-state index in [-0.39, 0.29) is 0 Å². The Morgan fingerprint density at radius 1 is 1.21 bits per heavy atom. The van der Waals surface area contributed by atoms with Crippen LogP contribution in [0.25, 0.3) is 0 Å². The lowest BCUT2D eigenvalue weighted by atomic mass is 10.1. The minimum Gasteiger partial charge on any atom is -0.303 e. The molecule has 0 saturated heterocycles. The van der Waals surface area contributed by atoms with E-state index in [2.05, 4.69) is 6.07 Å². The Bertz CT molecular complexity index is 321. The third-order valence-electron chi connectivity index (χ3n) is 2.12. The summed E-state index contributed by atoms with van der Waals surface area (Å²) in [5, 5.41) is 8.59. The van der Waals surface area contributed by atoms with Gasteiger partial charge in [-0.05, 0) is 37.0 Å². The molecule has 0 N–H and O–H groups in total. The molecule has 1 rings (SSSR count). The lowest BCUT2D eigenvalue weighted by Crippen LogP contribution is -1.86. The van der Waals surface area contributed by atoms with Crippen molar-refractivity contribution in [2.24, 2.45) is 0 Å². The fourth-order valence-electron chi connectivity index (χ4n) is 1.30. The summed E-state index contributed by atoms with van der Waals surface area (Å²) in [6.07, 6.45) is 4.57. The molecule has 0 heterocycles. The first-order valence-electron chi connectivity index (χ1n) is 4.79. The summed E-state index contributed by atoms with van der Waals surface area (Å²) in [7, 11) is 0. The summed E-state index contributed by atoms with van der Waals surface area (Å²) >= 11 is 0. The summed E-state index contributed by atoms with van der Waals surface area (Å²) in [6.45, 7) is 0. The molecule has 0 unspecified atom stereocenters. The summed E-state index contributed by atoms with van der Waals surface area (Å²) < 4.78 is 0. The van der Waals surface area contributed by atoms with Crippen molar-refractivity contribution in [3.05, 3.63) is 35.4 Å². The molecule has 0 aromatic heterocycles. The van der Waals surface area contributed by atoms with E-state index in [1.807, 2.05) is 24.3 Å². The first kappa shape index (κ1) is 10.5. The number of nitrogens with zero attached hydrogens (tertiary/aromatic N) is 1. The van der Waals surface area contributed by atoms with E-state index in [0.717, 1.165) is 25.5 Å². The van der Waals surface area contributed by atoms with E-state index in [1.165, 1.54) is 5.56 Å². The molecule has 0 aliphatic rings. The van der Waals surface area contributed by atoms with E-state index in [9.17, 15) is 4.79 Å². The van der Waals surface area contributed by atoms with Crippen molar-refractivity contribution < 1.29 is 4.79 Å². The second kappa shape index (κ2) is 5.93. The highest BCUT2D eigenvalue weighted by Gasteiger charge is 1.94. The fourth-order valence-corrected chi connectivity index (χ4v) is 1.30. The van der Waals surface area contributed by atoms with Crippen LogP contribution in [-0.2, 0) is 11.2 Å². The maximum absolute atomic E-state index is 10.1. The number of hydrogen-bond acceptors (Lipinski definition) is 2. The van der Waals surface area contributed by atoms with Gasteiger partial charge in [-0.1, -0.05) is 12.1 Å². The van der Waals surface area contributed by atoms with Crippen LogP contribution in [0.2, 0.25) is 0 Å². The van der Waals surface area contributed by atoms with Gasteiger partial charge in [0.2, 0.25) is 0 Å². The topological polar surface area (TPSA) is 40.9 Å². The molecule has 0 fully saturated rings. The van der Waals surface area contributed by atoms with Crippen molar-refractivity contribution in [1.82, 2.24) is 0 Å². The molecule has 0 spiro atoms. The number of aldehydes is 1. The van der Waals surface area contributed by atoms with Gasteiger partial charge in [0.25, 0.3) is 0 Å². The van der Waals surface area contributed by atoms with Gasteiger partial charge in [0.15, 0.2) is 0 Å². The molecule has 14 heavy (non-hydrogen) atoms. The van der Waals surface area contributed by atoms with E-state index in [1.54, 1.807) is 0 Å². The van der Waals surface area contributed by atoms with Crippen LogP contribution in [0, 0.1) is 11.3 Å². The van der Waals surface area contributed by atoms with E-state index < -0.39 is 0 Å². The number of carbonyl (C=O) groups is 1. The molecule has 0 aliphatic carbocycles. The van der Waals surface area contributed by atoms with Crippen molar-refractivity contribution in [2.75, 3.05) is 0 Å². The minimum atomic E-state index is 0.649. The Kier molecular flexibility index (Phi) is 4.43. The molecule has 0 atom stereocenters. The van der Waals surface area contributed by atoms with Crippen LogP contribution < -0.4 is 0 Å². The highest BCUT2D eigenvalue weighted by Crippen LogP contribution is 2.07. The van der Waals surface area contributed by atoms with E-state index in [0.29, 0.717) is 12.0 Å². The average molecular weight is 187 g/mol. The molecule has 0 bridgehead atoms. The number of hydrogen-bond donors (Lipinski definition) is 0. The fraction of sp³-hybridized carbons (Fsp3) is 0.333. The maximum Gasteiger partial charge on any atom is 0.119 e. The number of benzene rings is 1. The Balaban J connectivity index is 2.37. The Morgan fingerprint density at radius 2 is 1.93 bits per heavy atom. The van der Waals surface area contributed by atoms with Gasteiger partial charge in [-0.3, -0.25) is 0 Å². The zero-order chi connectivity index (χ0) is 10.2. The molecular weight excluding hydrogens is 174 g/mol. The second-order valence-electron chi connectivity index (χ2n) is 3.22. The van der Waals surface area contributed by atoms with Gasteiger partial charge in [0.1, 0.15) is 6.29 Å². The number of nitriles is 1. The summed E-state index contributed by atoms with van der Waals surface area (Å²) in [4.78, 5) is 10.1. The standard InChI is InChI=1S/C12H13NO/c13-10-12-7-5-11(6-8-12)4-2-1-3-9-14/h5-9H,1-4H2. The SMILES string of the molecule is N#Cc1ccc(CCCCC=O)cc1.